The van der Waals surface area contributed by atoms with E-state index in [9.17, 15) is 0 Å². The van der Waals surface area contributed by atoms with Gasteiger partial charge in [-0.05, 0) is 6.92 Å². The normalized spacial score (nSPS) is 10.3. The Kier molecular flexibility index (Phi) is 2.02. The summed E-state index contributed by atoms with van der Waals surface area (Å²) in [4.78, 5) is 3.99. The third-order valence-electron chi connectivity index (χ3n) is 1.28. The first-order valence-electron chi connectivity index (χ1n) is 3.20. The first-order valence-corrected chi connectivity index (χ1v) is 3.20. The maximum Gasteiger partial charge on any atom is 0.167 e. The average molecular weight is 148 g/mol. The van der Waals surface area contributed by atoms with Gasteiger partial charge >= 0.3 is 0 Å². The van der Waals surface area contributed by atoms with Crippen LogP contribution in [-0.4, -0.2) is 16.0 Å². The maximum absolute atomic E-state index is 8.58. The lowest BCUT2D eigenvalue weighted by molar-refractivity contribution is 0.771. The molecule has 0 radical (unpaired) electrons. The number of nitrogens with zero attached hydrogens (tertiary/aromatic N) is 4. The molecule has 1 rings (SSSR count). The summed E-state index contributed by atoms with van der Waals surface area (Å²) in [5.74, 6) is 0.606. The van der Waals surface area contributed by atoms with Gasteiger partial charge in [0.15, 0.2) is 5.82 Å². The fourth-order valence-corrected chi connectivity index (χ4v) is 0.785. The Morgan fingerprint density at radius 2 is 2.55 bits per heavy atom. The zero-order valence-corrected chi connectivity index (χ0v) is 6.44. The van der Waals surface area contributed by atoms with Crippen LogP contribution in [0, 0.1) is 11.3 Å². The van der Waals surface area contributed by atoms with Crippen LogP contribution >= 0.6 is 0 Å². The van der Waals surface area contributed by atoms with Gasteiger partial charge in [0.2, 0.25) is 0 Å². The molecule has 0 N–H and O–H groups in total. The highest BCUT2D eigenvalue weighted by atomic mass is 15.3. The van der Waals surface area contributed by atoms with Crippen LogP contribution in [0.2, 0.25) is 0 Å². The van der Waals surface area contributed by atoms with Crippen molar-refractivity contribution < 1.29 is 0 Å². The van der Waals surface area contributed by atoms with Crippen molar-refractivity contribution in [3.63, 3.8) is 0 Å². The van der Waals surface area contributed by atoms with Crippen molar-refractivity contribution in [3.05, 3.63) is 11.8 Å². The second kappa shape index (κ2) is 2.97. The monoisotopic (exact) mass is 148 g/mol. The second-order valence-electron chi connectivity index (χ2n) is 2.00. The third-order valence-corrected chi connectivity index (χ3v) is 1.28. The molecule has 0 spiro atoms. The summed E-state index contributed by atoms with van der Waals surface area (Å²) in [5, 5.41) is 12.5. The third kappa shape index (κ3) is 1.27. The van der Waals surface area contributed by atoms with Crippen LogP contribution in [0.15, 0.2) is 11.2 Å². The summed E-state index contributed by atoms with van der Waals surface area (Å²) in [6.45, 7) is 1.80. The van der Waals surface area contributed by atoms with Crippen molar-refractivity contribution in [2.24, 2.45) is 12.0 Å². The predicted molar refractivity (Wildman–Crippen MR) is 41.7 cm³/mol. The molecule has 0 saturated carbocycles. The van der Waals surface area contributed by atoms with Gasteiger partial charge in [-0.1, -0.05) is 0 Å². The topological polar surface area (TPSA) is 54.0 Å². The smallest absolute Gasteiger partial charge is 0.167 e. The van der Waals surface area contributed by atoms with Crippen LogP contribution in [0.4, 0.5) is 5.82 Å². The molecule has 0 aromatic carbocycles. The summed E-state index contributed by atoms with van der Waals surface area (Å²) in [6.07, 6.45) is 3.14. The summed E-state index contributed by atoms with van der Waals surface area (Å²) >= 11 is 0. The maximum atomic E-state index is 8.58. The van der Waals surface area contributed by atoms with E-state index in [4.69, 9.17) is 5.26 Å². The molecule has 1 aromatic rings. The van der Waals surface area contributed by atoms with Crippen LogP contribution in [0.3, 0.4) is 0 Å². The van der Waals surface area contributed by atoms with Crippen LogP contribution in [0.1, 0.15) is 12.5 Å². The number of aromatic nitrogens is 2. The van der Waals surface area contributed by atoms with Gasteiger partial charge in [0.25, 0.3) is 0 Å². The van der Waals surface area contributed by atoms with E-state index in [0.717, 1.165) is 0 Å². The Morgan fingerprint density at radius 1 is 1.82 bits per heavy atom. The average Bonchev–Trinajstić information content (AvgIpc) is 2.34. The predicted octanol–water partition coefficient (Wildman–Crippen LogP) is 1.01. The van der Waals surface area contributed by atoms with Crippen molar-refractivity contribution in [3.8, 4) is 6.07 Å². The van der Waals surface area contributed by atoms with Crippen LogP contribution in [0.25, 0.3) is 0 Å². The van der Waals surface area contributed by atoms with E-state index in [1.54, 1.807) is 24.9 Å². The zero-order valence-electron chi connectivity index (χ0n) is 6.44. The molecular weight excluding hydrogens is 140 g/mol. The molecule has 0 aliphatic carbocycles. The molecule has 0 atom stereocenters. The first kappa shape index (κ1) is 7.48. The van der Waals surface area contributed by atoms with Crippen molar-refractivity contribution in [2.75, 3.05) is 0 Å². The molecule has 11 heavy (non-hydrogen) atoms. The Balaban J connectivity index is 3.20. The van der Waals surface area contributed by atoms with Gasteiger partial charge in [-0.2, -0.15) is 10.4 Å². The molecule has 1 aromatic heterocycles. The molecule has 0 unspecified atom stereocenters. The SMILES string of the molecule is CC=Nc1c(C#N)cnn1C. The molecule has 0 fully saturated rings. The lowest BCUT2D eigenvalue weighted by Gasteiger charge is -1.91. The minimum atomic E-state index is 0.505. The number of aryl methyl sites for hydroxylation is 1. The zero-order chi connectivity index (χ0) is 8.27. The van der Waals surface area contributed by atoms with Gasteiger partial charge in [-0.15, -0.1) is 0 Å². The number of aliphatic imine (C=N–C) groups is 1. The molecule has 1 heterocycles. The van der Waals surface area contributed by atoms with E-state index >= 15 is 0 Å². The minimum absolute atomic E-state index is 0.505. The molecular formula is C7H8N4. The van der Waals surface area contributed by atoms with Crippen LogP contribution in [0.5, 0.6) is 0 Å². The Bertz CT molecular complexity index is 316. The molecule has 0 aliphatic heterocycles. The van der Waals surface area contributed by atoms with Crippen molar-refractivity contribution in [1.82, 2.24) is 9.78 Å². The van der Waals surface area contributed by atoms with Crippen molar-refractivity contribution >= 4 is 12.0 Å². The molecule has 0 saturated heterocycles. The van der Waals surface area contributed by atoms with E-state index in [1.807, 2.05) is 6.07 Å². The van der Waals surface area contributed by atoms with Gasteiger partial charge in [-0.3, -0.25) is 0 Å². The molecule has 4 heteroatoms. The highest BCUT2D eigenvalue weighted by Crippen LogP contribution is 2.15. The van der Waals surface area contributed by atoms with Crippen molar-refractivity contribution in [2.45, 2.75) is 6.92 Å². The fourth-order valence-electron chi connectivity index (χ4n) is 0.785. The highest BCUT2D eigenvalue weighted by Gasteiger charge is 2.03. The van der Waals surface area contributed by atoms with E-state index in [1.165, 1.54) is 6.20 Å². The first-order chi connectivity index (χ1) is 5.29. The second-order valence-corrected chi connectivity index (χ2v) is 2.00. The lowest BCUT2D eigenvalue weighted by atomic mass is 10.4. The molecule has 56 valence electrons. The summed E-state index contributed by atoms with van der Waals surface area (Å²) in [5.41, 5.74) is 0.505. The number of rotatable bonds is 1. The lowest BCUT2D eigenvalue weighted by Crippen LogP contribution is -1.88. The van der Waals surface area contributed by atoms with Gasteiger partial charge in [-0.25, -0.2) is 9.67 Å². The molecule has 0 bridgehead atoms. The number of hydrogen-bond acceptors (Lipinski definition) is 3. The Morgan fingerprint density at radius 3 is 3.09 bits per heavy atom. The minimum Gasteiger partial charge on any atom is -0.250 e. The van der Waals surface area contributed by atoms with Gasteiger partial charge in [0.05, 0.1) is 6.20 Å². The van der Waals surface area contributed by atoms with Gasteiger partial charge in [0.1, 0.15) is 11.6 Å². The van der Waals surface area contributed by atoms with Crippen molar-refractivity contribution in [1.29, 1.82) is 5.26 Å². The summed E-state index contributed by atoms with van der Waals surface area (Å²) in [7, 11) is 1.75. The standard InChI is InChI=1S/C7H8N4/c1-3-9-7-6(4-8)5-10-11(7)2/h3,5H,1-2H3. The van der Waals surface area contributed by atoms with Crippen LogP contribution < -0.4 is 0 Å². The number of nitriles is 1. The van der Waals surface area contributed by atoms with E-state index in [2.05, 4.69) is 10.1 Å². The number of hydrogen-bond donors (Lipinski definition) is 0. The molecule has 4 nitrogen and oxygen atoms in total. The van der Waals surface area contributed by atoms with Crippen LogP contribution in [-0.2, 0) is 7.05 Å². The largest absolute Gasteiger partial charge is 0.250 e. The molecule has 0 aliphatic rings. The fraction of sp³-hybridized carbons (Fsp3) is 0.286. The van der Waals surface area contributed by atoms with Gasteiger partial charge in [0, 0.05) is 13.3 Å². The van der Waals surface area contributed by atoms with E-state index in [-0.39, 0.29) is 0 Å². The quantitative estimate of drug-likeness (QED) is 0.558. The van der Waals surface area contributed by atoms with E-state index < -0.39 is 0 Å². The molecule has 0 amide bonds. The Labute approximate surface area is 64.8 Å². The summed E-state index contributed by atoms with van der Waals surface area (Å²) < 4.78 is 1.57. The Hall–Kier alpha value is -1.63. The summed E-state index contributed by atoms with van der Waals surface area (Å²) in [6, 6.07) is 2.00. The van der Waals surface area contributed by atoms with E-state index in [0.29, 0.717) is 11.4 Å². The van der Waals surface area contributed by atoms with Gasteiger partial charge < -0.3 is 0 Å². The highest BCUT2D eigenvalue weighted by molar-refractivity contribution is 5.61.